The van der Waals surface area contributed by atoms with E-state index in [2.05, 4.69) is 23.3 Å². The maximum absolute atomic E-state index is 12.7. The number of para-hydroxylation sites is 1. The molecule has 22 heavy (non-hydrogen) atoms. The van der Waals surface area contributed by atoms with Crippen molar-refractivity contribution in [2.24, 2.45) is 0 Å². The molecule has 0 aliphatic heterocycles. The first kappa shape index (κ1) is 14.6. The Balaban J connectivity index is 1.73. The number of benzene rings is 1. The van der Waals surface area contributed by atoms with Gasteiger partial charge in [0, 0.05) is 17.9 Å². The molecule has 4 heteroatoms. The summed E-state index contributed by atoms with van der Waals surface area (Å²) < 4.78 is 0. The van der Waals surface area contributed by atoms with Crippen molar-refractivity contribution in [2.75, 3.05) is 5.32 Å². The predicted molar refractivity (Wildman–Crippen MR) is 87.6 cm³/mol. The molecule has 1 aliphatic rings. The summed E-state index contributed by atoms with van der Waals surface area (Å²) in [5, 5.41) is 3.06. The summed E-state index contributed by atoms with van der Waals surface area (Å²) in [6.07, 6.45) is 4.83. The van der Waals surface area contributed by atoms with Gasteiger partial charge in [0.2, 0.25) is 0 Å². The maximum Gasteiger partial charge on any atom is 0.322 e. The molecule has 3 rings (SSSR count). The number of hydrogen-bond donors (Lipinski definition) is 1. The van der Waals surface area contributed by atoms with E-state index in [-0.39, 0.29) is 6.03 Å². The van der Waals surface area contributed by atoms with E-state index in [0.717, 1.165) is 36.2 Å². The van der Waals surface area contributed by atoms with E-state index < -0.39 is 0 Å². The molecule has 0 unspecified atom stereocenters. The number of carbonyl (C=O) groups excluding carboxylic acids is 1. The summed E-state index contributed by atoms with van der Waals surface area (Å²) in [5.41, 5.74) is 2.99. The number of urea groups is 1. The van der Waals surface area contributed by atoms with Crippen LogP contribution in [0, 0.1) is 0 Å². The van der Waals surface area contributed by atoms with Gasteiger partial charge >= 0.3 is 6.03 Å². The van der Waals surface area contributed by atoms with Gasteiger partial charge in [0.25, 0.3) is 0 Å². The van der Waals surface area contributed by atoms with Crippen molar-refractivity contribution >= 4 is 11.7 Å². The van der Waals surface area contributed by atoms with Gasteiger partial charge in [0.1, 0.15) is 0 Å². The molecule has 0 spiro atoms. The van der Waals surface area contributed by atoms with Gasteiger partial charge in [-0.05, 0) is 43.0 Å². The standard InChI is InChI=1S/C18H21N3O/c1-2-14-7-3-4-9-17(14)20-18(22)21(16-10-11-16)13-15-8-5-6-12-19-15/h3-9,12,16H,2,10-11,13H2,1H3,(H,20,22). The highest BCUT2D eigenvalue weighted by molar-refractivity contribution is 5.90. The van der Waals surface area contributed by atoms with Gasteiger partial charge in [-0.25, -0.2) is 4.79 Å². The van der Waals surface area contributed by atoms with Crippen LogP contribution >= 0.6 is 0 Å². The van der Waals surface area contributed by atoms with E-state index in [1.165, 1.54) is 0 Å². The summed E-state index contributed by atoms with van der Waals surface area (Å²) in [6, 6.07) is 14.1. The van der Waals surface area contributed by atoms with Gasteiger partial charge in [0.05, 0.1) is 12.2 Å². The van der Waals surface area contributed by atoms with Gasteiger partial charge in [-0.2, -0.15) is 0 Å². The molecule has 0 atom stereocenters. The third kappa shape index (κ3) is 3.45. The van der Waals surface area contributed by atoms with Crippen molar-refractivity contribution in [1.82, 2.24) is 9.88 Å². The van der Waals surface area contributed by atoms with Crippen LogP contribution in [0.25, 0.3) is 0 Å². The third-order valence-corrected chi connectivity index (χ3v) is 3.95. The van der Waals surface area contributed by atoms with Gasteiger partial charge in [-0.1, -0.05) is 31.2 Å². The lowest BCUT2D eigenvalue weighted by atomic mass is 10.1. The third-order valence-electron chi connectivity index (χ3n) is 3.95. The van der Waals surface area contributed by atoms with Crippen molar-refractivity contribution in [3.8, 4) is 0 Å². The second kappa shape index (κ2) is 6.60. The normalized spacial score (nSPS) is 13.7. The van der Waals surface area contributed by atoms with Crippen LogP contribution in [-0.4, -0.2) is 22.0 Å². The van der Waals surface area contributed by atoms with Crippen LogP contribution in [0.15, 0.2) is 48.7 Å². The fourth-order valence-corrected chi connectivity index (χ4v) is 2.56. The van der Waals surface area contributed by atoms with Crippen LogP contribution in [0.2, 0.25) is 0 Å². The molecule has 1 fully saturated rings. The minimum atomic E-state index is -0.0333. The molecule has 4 nitrogen and oxygen atoms in total. The number of carbonyl (C=O) groups is 1. The summed E-state index contributed by atoms with van der Waals surface area (Å²) in [5.74, 6) is 0. The van der Waals surface area contributed by atoms with Crippen molar-refractivity contribution in [3.05, 3.63) is 59.9 Å². The Morgan fingerprint density at radius 2 is 2.00 bits per heavy atom. The first-order valence-corrected chi connectivity index (χ1v) is 7.83. The lowest BCUT2D eigenvalue weighted by molar-refractivity contribution is 0.205. The van der Waals surface area contributed by atoms with E-state index in [4.69, 9.17) is 0 Å². The number of aryl methyl sites for hydroxylation is 1. The van der Waals surface area contributed by atoms with Crippen LogP contribution in [-0.2, 0) is 13.0 Å². The average molecular weight is 295 g/mol. The van der Waals surface area contributed by atoms with Crippen LogP contribution in [0.4, 0.5) is 10.5 Å². The van der Waals surface area contributed by atoms with Gasteiger partial charge in [-0.3, -0.25) is 4.98 Å². The molecule has 0 bridgehead atoms. The zero-order valence-corrected chi connectivity index (χ0v) is 12.8. The number of anilines is 1. The Morgan fingerprint density at radius 1 is 1.23 bits per heavy atom. The average Bonchev–Trinajstić information content (AvgIpc) is 3.39. The topological polar surface area (TPSA) is 45.2 Å². The summed E-state index contributed by atoms with van der Waals surface area (Å²) in [7, 11) is 0. The van der Waals surface area contributed by atoms with Crippen LogP contribution in [0.5, 0.6) is 0 Å². The van der Waals surface area contributed by atoms with E-state index in [1.807, 2.05) is 41.3 Å². The number of pyridine rings is 1. The van der Waals surface area contributed by atoms with Gasteiger partial charge < -0.3 is 10.2 Å². The summed E-state index contributed by atoms with van der Waals surface area (Å²) >= 11 is 0. The molecule has 2 aromatic rings. The molecule has 1 aromatic heterocycles. The zero-order chi connectivity index (χ0) is 15.4. The van der Waals surface area contributed by atoms with E-state index in [0.29, 0.717) is 12.6 Å². The molecule has 1 saturated carbocycles. The molecular weight excluding hydrogens is 274 g/mol. The Kier molecular flexibility index (Phi) is 4.37. The number of nitrogens with one attached hydrogen (secondary N) is 1. The second-order valence-corrected chi connectivity index (χ2v) is 5.62. The van der Waals surface area contributed by atoms with Crippen molar-refractivity contribution in [3.63, 3.8) is 0 Å². The van der Waals surface area contributed by atoms with Crippen LogP contribution in [0.3, 0.4) is 0 Å². The quantitative estimate of drug-likeness (QED) is 0.911. The monoisotopic (exact) mass is 295 g/mol. The predicted octanol–water partition coefficient (Wildman–Crippen LogP) is 3.84. The number of nitrogens with zero attached hydrogens (tertiary/aromatic N) is 2. The minimum absolute atomic E-state index is 0.0333. The molecule has 2 amide bonds. The van der Waals surface area contributed by atoms with Crippen LogP contribution < -0.4 is 5.32 Å². The highest BCUT2D eigenvalue weighted by Gasteiger charge is 2.33. The highest BCUT2D eigenvalue weighted by atomic mass is 16.2. The Hall–Kier alpha value is -2.36. The SMILES string of the molecule is CCc1ccccc1NC(=O)N(Cc1ccccn1)C1CC1. The molecule has 0 radical (unpaired) electrons. The minimum Gasteiger partial charge on any atom is -0.316 e. The first-order valence-electron chi connectivity index (χ1n) is 7.83. The summed E-state index contributed by atoms with van der Waals surface area (Å²) in [4.78, 5) is 18.9. The fraction of sp³-hybridized carbons (Fsp3) is 0.333. The Bertz CT molecular complexity index is 638. The maximum atomic E-state index is 12.7. The lowest BCUT2D eigenvalue weighted by Gasteiger charge is -2.23. The fourth-order valence-electron chi connectivity index (χ4n) is 2.56. The Labute approximate surface area is 131 Å². The van der Waals surface area contributed by atoms with Gasteiger partial charge in [-0.15, -0.1) is 0 Å². The smallest absolute Gasteiger partial charge is 0.316 e. The molecule has 1 aromatic carbocycles. The second-order valence-electron chi connectivity index (χ2n) is 5.62. The van der Waals surface area contributed by atoms with Crippen LogP contribution in [0.1, 0.15) is 31.0 Å². The number of rotatable bonds is 5. The largest absolute Gasteiger partial charge is 0.322 e. The number of aromatic nitrogens is 1. The molecular formula is C18H21N3O. The van der Waals surface area contributed by atoms with Crippen molar-refractivity contribution < 1.29 is 4.79 Å². The van der Waals surface area contributed by atoms with E-state index >= 15 is 0 Å². The Morgan fingerprint density at radius 3 is 2.68 bits per heavy atom. The first-order chi connectivity index (χ1) is 10.8. The zero-order valence-electron chi connectivity index (χ0n) is 12.8. The molecule has 1 aliphatic carbocycles. The molecule has 0 saturated heterocycles. The number of amides is 2. The molecule has 1 heterocycles. The van der Waals surface area contributed by atoms with E-state index in [9.17, 15) is 4.79 Å². The van der Waals surface area contributed by atoms with E-state index in [1.54, 1.807) is 6.20 Å². The molecule has 114 valence electrons. The van der Waals surface area contributed by atoms with Crippen molar-refractivity contribution in [2.45, 2.75) is 38.8 Å². The van der Waals surface area contributed by atoms with Crippen molar-refractivity contribution in [1.29, 1.82) is 0 Å². The number of hydrogen-bond acceptors (Lipinski definition) is 2. The lowest BCUT2D eigenvalue weighted by Crippen LogP contribution is -2.36. The highest BCUT2D eigenvalue weighted by Crippen LogP contribution is 2.29. The van der Waals surface area contributed by atoms with Gasteiger partial charge in [0.15, 0.2) is 0 Å². The summed E-state index contributed by atoms with van der Waals surface area (Å²) in [6.45, 7) is 2.66. The molecule has 1 N–H and O–H groups in total.